The van der Waals surface area contributed by atoms with Crippen molar-refractivity contribution < 1.29 is 33.7 Å². The molecule has 0 atom stereocenters. The number of nitrogens with one attached hydrogen (secondary N) is 1. The lowest BCUT2D eigenvalue weighted by molar-refractivity contribution is -0.157. The molecule has 2 aromatic carbocycles. The van der Waals surface area contributed by atoms with Crippen LogP contribution in [0.4, 0.5) is 4.79 Å². The first-order valence-corrected chi connectivity index (χ1v) is 11.8. The van der Waals surface area contributed by atoms with Gasteiger partial charge >= 0.3 is 18.0 Å². The predicted molar refractivity (Wildman–Crippen MR) is 134 cm³/mol. The number of carboxylic acids is 1. The maximum Gasteiger partial charge on any atom is 0.407 e. The van der Waals surface area contributed by atoms with Crippen molar-refractivity contribution in [2.45, 2.75) is 38.8 Å². The fourth-order valence-corrected chi connectivity index (χ4v) is 4.17. The smallest absolute Gasteiger partial charge is 0.407 e. The van der Waals surface area contributed by atoms with Gasteiger partial charge in [0.15, 0.2) is 12.3 Å². The molecule has 0 bridgehead atoms. The third-order valence-electron chi connectivity index (χ3n) is 5.61. The van der Waals surface area contributed by atoms with E-state index in [2.05, 4.69) is 22.4 Å². The fourth-order valence-electron chi connectivity index (χ4n) is 4.17. The molecule has 0 unspecified atom stereocenters. The van der Waals surface area contributed by atoms with Crippen LogP contribution in [0.15, 0.2) is 60.7 Å². The van der Waals surface area contributed by atoms with E-state index in [0.29, 0.717) is 0 Å². The van der Waals surface area contributed by atoms with Crippen LogP contribution >= 0.6 is 0 Å². The third-order valence-corrected chi connectivity index (χ3v) is 5.61. The number of aromatic carboxylic acids is 1. The lowest BCUT2D eigenvalue weighted by Gasteiger charge is -2.19. The Morgan fingerprint density at radius 1 is 0.973 bits per heavy atom. The molecule has 3 aromatic rings. The molecule has 0 aliphatic heterocycles. The lowest BCUT2D eigenvalue weighted by atomic mass is 9.98. The summed E-state index contributed by atoms with van der Waals surface area (Å²) < 4.78 is 16.1. The highest BCUT2D eigenvalue weighted by molar-refractivity contribution is 5.86. The van der Waals surface area contributed by atoms with E-state index < -0.39 is 30.2 Å². The monoisotopic (exact) mass is 504 g/mol. The SMILES string of the molecule is CC(C)(C)OC(=O)COc1cc(CNC(=O)OCC2c3ccccc3-c3ccccc32)nc(C(=O)O)c1. The normalized spacial score (nSPS) is 12.3. The van der Waals surface area contributed by atoms with Crippen LogP contribution in [0.2, 0.25) is 0 Å². The zero-order valence-electron chi connectivity index (χ0n) is 20.8. The number of rotatable bonds is 8. The quantitative estimate of drug-likeness (QED) is 0.429. The number of aromatic nitrogens is 1. The van der Waals surface area contributed by atoms with Gasteiger partial charge in [-0.25, -0.2) is 19.4 Å². The number of fused-ring (bicyclic) bond motifs is 3. The number of hydrogen-bond acceptors (Lipinski definition) is 7. The van der Waals surface area contributed by atoms with Crippen molar-refractivity contribution in [2.75, 3.05) is 13.2 Å². The Labute approximate surface area is 214 Å². The number of ether oxygens (including phenoxy) is 3. The number of carbonyl (C=O) groups is 3. The van der Waals surface area contributed by atoms with Crippen LogP contribution in [0, 0.1) is 0 Å². The standard InChI is InChI=1S/C28H28N2O7/c1-28(2,3)37-25(31)16-35-18-12-17(30-24(13-18)26(32)33)14-29-27(34)36-15-23-21-10-6-4-8-19(21)20-9-5-7-11-22(20)23/h4-13,23H,14-16H2,1-3H3,(H,29,34)(H,32,33). The Balaban J connectivity index is 1.37. The zero-order chi connectivity index (χ0) is 26.6. The van der Waals surface area contributed by atoms with E-state index in [1.165, 1.54) is 12.1 Å². The van der Waals surface area contributed by atoms with E-state index in [0.717, 1.165) is 22.3 Å². The molecule has 0 radical (unpaired) electrons. The Bertz CT molecular complexity index is 1280. The van der Waals surface area contributed by atoms with E-state index >= 15 is 0 Å². The van der Waals surface area contributed by atoms with Gasteiger partial charge in [0.2, 0.25) is 0 Å². The van der Waals surface area contributed by atoms with Crippen LogP contribution in [0.1, 0.15) is 54.0 Å². The number of hydrogen-bond donors (Lipinski definition) is 2. The van der Waals surface area contributed by atoms with Crippen molar-refractivity contribution >= 4 is 18.0 Å². The first-order valence-electron chi connectivity index (χ1n) is 11.8. The number of nitrogens with zero attached hydrogens (tertiary/aromatic N) is 1. The summed E-state index contributed by atoms with van der Waals surface area (Å²) in [5, 5.41) is 12.0. The number of esters is 1. The second kappa shape index (κ2) is 10.7. The Hall–Kier alpha value is -4.40. The van der Waals surface area contributed by atoms with Crippen LogP contribution in [0.3, 0.4) is 0 Å². The Kier molecular flexibility index (Phi) is 7.42. The molecular weight excluding hydrogens is 476 g/mol. The number of carboxylic acid groups (broad SMARTS) is 1. The van der Waals surface area contributed by atoms with Gasteiger partial charge in [0, 0.05) is 18.1 Å². The Morgan fingerprint density at radius 3 is 2.19 bits per heavy atom. The van der Waals surface area contributed by atoms with Gasteiger partial charge in [-0.15, -0.1) is 0 Å². The summed E-state index contributed by atoms with van der Waals surface area (Å²) in [6.07, 6.45) is -0.666. The number of benzene rings is 2. The van der Waals surface area contributed by atoms with Crippen LogP contribution in [0.25, 0.3) is 11.1 Å². The van der Waals surface area contributed by atoms with Crippen LogP contribution in [-0.4, -0.2) is 46.9 Å². The van der Waals surface area contributed by atoms with Gasteiger partial charge in [-0.1, -0.05) is 48.5 Å². The summed E-state index contributed by atoms with van der Waals surface area (Å²) in [5.74, 6) is -1.84. The minimum atomic E-state index is -1.27. The summed E-state index contributed by atoms with van der Waals surface area (Å²) in [5.41, 5.74) is 3.71. The molecule has 1 aliphatic carbocycles. The van der Waals surface area contributed by atoms with E-state index in [-0.39, 0.29) is 36.2 Å². The molecule has 0 saturated carbocycles. The molecule has 1 aromatic heterocycles. The highest BCUT2D eigenvalue weighted by atomic mass is 16.6. The molecule has 9 heteroatoms. The van der Waals surface area contributed by atoms with Crippen molar-refractivity contribution in [3.63, 3.8) is 0 Å². The number of carbonyl (C=O) groups excluding carboxylic acids is 2. The summed E-state index contributed by atoms with van der Waals surface area (Å²) in [4.78, 5) is 39.9. The number of pyridine rings is 1. The van der Waals surface area contributed by atoms with Crippen molar-refractivity contribution in [3.8, 4) is 16.9 Å². The maximum atomic E-state index is 12.5. The molecule has 0 spiro atoms. The summed E-state index contributed by atoms with van der Waals surface area (Å²) in [6, 6.07) is 18.7. The van der Waals surface area contributed by atoms with Gasteiger partial charge in [-0.3, -0.25) is 0 Å². The van der Waals surface area contributed by atoms with Crippen LogP contribution < -0.4 is 10.1 Å². The van der Waals surface area contributed by atoms with Gasteiger partial charge in [-0.05, 0) is 43.0 Å². The molecule has 0 saturated heterocycles. The van der Waals surface area contributed by atoms with Crippen molar-refractivity contribution in [2.24, 2.45) is 0 Å². The first-order chi connectivity index (χ1) is 17.6. The molecule has 9 nitrogen and oxygen atoms in total. The molecule has 1 aliphatic rings. The largest absolute Gasteiger partial charge is 0.482 e. The highest BCUT2D eigenvalue weighted by Crippen LogP contribution is 2.44. The zero-order valence-corrected chi connectivity index (χ0v) is 20.8. The molecule has 192 valence electrons. The summed E-state index contributed by atoms with van der Waals surface area (Å²) in [7, 11) is 0. The van der Waals surface area contributed by atoms with Gasteiger partial charge in [0.1, 0.15) is 18.0 Å². The molecule has 2 N–H and O–H groups in total. The van der Waals surface area contributed by atoms with E-state index in [1.54, 1.807) is 20.8 Å². The second-order valence-electron chi connectivity index (χ2n) is 9.54. The molecule has 0 fully saturated rings. The van der Waals surface area contributed by atoms with Gasteiger partial charge in [0.05, 0.1) is 12.2 Å². The molecule has 1 heterocycles. The second-order valence-corrected chi connectivity index (χ2v) is 9.54. The molecule has 37 heavy (non-hydrogen) atoms. The summed E-state index contributed by atoms with van der Waals surface area (Å²) >= 11 is 0. The van der Waals surface area contributed by atoms with E-state index in [4.69, 9.17) is 14.2 Å². The topological polar surface area (TPSA) is 124 Å². The Morgan fingerprint density at radius 2 is 1.59 bits per heavy atom. The highest BCUT2D eigenvalue weighted by Gasteiger charge is 2.29. The molecular formula is C28H28N2O7. The van der Waals surface area contributed by atoms with Crippen molar-refractivity contribution in [1.29, 1.82) is 0 Å². The van der Waals surface area contributed by atoms with Gasteiger partial charge < -0.3 is 24.6 Å². The lowest BCUT2D eigenvalue weighted by Crippen LogP contribution is -2.27. The number of amides is 1. The van der Waals surface area contributed by atoms with Gasteiger partial charge in [0.25, 0.3) is 0 Å². The van der Waals surface area contributed by atoms with E-state index in [9.17, 15) is 19.5 Å². The van der Waals surface area contributed by atoms with Crippen LogP contribution in [-0.2, 0) is 20.8 Å². The summed E-state index contributed by atoms with van der Waals surface area (Å²) in [6.45, 7) is 4.83. The average molecular weight is 505 g/mol. The predicted octanol–water partition coefficient (Wildman–Crippen LogP) is 4.54. The number of alkyl carbamates (subject to hydrolysis) is 1. The van der Waals surface area contributed by atoms with Crippen LogP contribution in [0.5, 0.6) is 5.75 Å². The van der Waals surface area contributed by atoms with Gasteiger partial charge in [-0.2, -0.15) is 0 Å². The fraction of sp³-hybridized carbons (Fsp3) is 0.286. The maximum absolute atomic E-state index is 12.5. The van der Waals surface area contributed by atoms with E-state index in [1.807, 2.05) is 36.4 Å². The molecule has 4 rings (SSSR count). The minimum Gasteiger partial charge on any atom is -0.482 e. The third kappa shape index (κ3) is 6.43. The van der Waals surface area contributed by atoms with Crippen molar-refractivity contribution in [3.05, 3.63) is 83.2 Å². The average Bonchev–Trinajstić information content (AvgIpc) is 3.17. The molecule has 1 amide bonds. The van der Waals surface area contributed by atoms with Crippen molar-refractivity contribution in [1.82, 2.24) is 10.3 Å². The minimum absolute atomic E-state index is 0.0838. The first kappa shape index (κ1) is 25.7.